The molecule has 4 rings (SSSR count). The van der Waals surface area contributed by atoms with Crippen molar-refractivity contribution in [1.82, 2.24) is 10.2 Å². The highest BCUT2D eigenvalue weighted by molar-refractivity contribution is 5.81. The lowest BCUT2D eigenvalue weighted by atomic mass is 10.0. The summed E-state index contributed by atoms with van der Waals surface area (Å²) in [5.74, 6) is 0.159. The predicted molar refractivity (Wildman–Crippen MR) is 96.8 cm³/mol. The molecule has 2 heterocycles. The molecule has 1 amide bonds. The van der Waals surface area contributed by atoms with Gasteiger partial charge in [0.15, 0.2) is 5.72 Å². The summed E-state index contributed by atoms with van der Waals surface area (Å²) in [7, 11) is 0. The van der Waals surface area contributed by atoms with Crippen LogP contribution in [0, 0.1) is 0 Å². The van der Waals surface area contributed by atoms with E-state index in [1.165, 1.54) is 5.56 Å². The van der Waals surface area contributed by atoms with Crippen LogP contribution in [0.25, 0.3) is 0 Å². The summed E-state index contributed by atoms with van der Waals surface area (Å²) in [5.41, 5.74) is 1.76. The number of ether oxygens (including phenoxy) is 1. The first-order valence-electron chi connectivity index (χ1n) is 8.91. The van der Waals surface area contributed by atoms with Gasteiger partial charge < -0.3 is 15.0 Å². The summed E-state index contributed by atoms with van der Waals surface area (Å²) in [4.78, 5) is 14.7. The van der Waals surface area contributed by atoms with Gasteiger partial charge in [-0.25, -0.2) is 0 Å². The summed E-state index contributed by atoms with van der Waals surface area (Å²) in [5, 5.41) is 3.62. The molecule has 2 aromatic carbocycles. The maximum Gasteiger partial charge on any atom is 0.227 e. The molecule has 0 saturated carbocycles. The predicted octanol–water partition coefficient (Wildman–Crippen LogP) is 3.43. The zero-order valence-electron chi connectivity index (χ0n) is 14.7. The standard InChI is InChI=1S/C21H24N2O2/c1-15(16-9-5-3-6-10-16)22-19-13-20(24)23-18(14-25-21(19,23)2)17-11-7-4-8-12-17/h3-12,15,18-19,22H,13-14H2,1-2H3/t15-,18+,19+,21+/m0/s1. The van der Waals surface area contributed by atoms with Crippen LogP contribution in [0.1, 0.15) is 43.5 Å². The number of nitrogens with zero attached hydrogens (tertiary/aromatic N) is 1. The summed E-state index contributed by atoms with van der Waals surface area (Å²) < 4.78 is 6.19. The third kappa shape index (κ3) is 2.75. The largest absolute Gasteiger partial charge is 0.352 e. The minimum absolute atomic E-state index is 0.00229. The first-order chi connectivity index (χ1) is 12.1. The number of amides is 1. The molecule has 0 spiro atoms. The second kappa shape index (κ2) is 6.28. The zero-order chi connectivity index (χ0) is 17.4. The minimum atomic E-state index is -0.597. The van der Waals surface area contributed by atoms with Gasteiger partial charge in [-0.2, -0.15) is 0 Å². The number of carbonyl (C=O) groups is 1. The van der Waals surface area contributed by atoms with E-state index >= 15 is 0 Å². The van der Waals surface area contributed by atoms with E-state index in [1.807, 2.05) is 48.2 Å². The highest BCUT2D eigenvalue weighted by Gasteiger charge is 2.57. The molecule has 4 heteroatoms. The maximum absolute atomic E-state index is 12.8. The fraction of sp³-hybridized carbons (Fsp3) is 0.381. The van der Waals surface area contributed by atoms with E-state index in [9.17, 15) is 4.79 Å². The van der Waals surface area contributed by atoms with Crippen LogP contribution in [0.15, 0.2) is 60.7 Å². The molecule has 2 aromatic rings. The lowest BCUT2D eigenvalue weighted by Gasteiger charge is -2.35. The van der Waals surface area contributed by atoms with Crippen LogP contribution < -0.4 is 5.32 Å². The van der Waals surface area contributed by atoms with Crippen LogP contribution in [0.5, 0.6) is 0 Å². The van der Waals surface area contributed by atoms with Crippen molar-refractivity contribution in [3.8, 4) is 0 Å². The highest BCUT2D eigenvalue weighted by Crippen LogP contribution is 2.45. The zero-order valence-corrected chi connectivity index (χ0v) is 14.7. The van der Waals surface area contributed by atoms with Crippen molar-refractivity contribution in [3.05, 3.63) is 71.8 Å². The van der Waals surface area contributed by atoms with E-state index in [0.29, 0.717) is 13.0 Å². The van der Waals surface area contributed by atoms with Gasteiger partial charge in [0, 0.05) is 12.5 Å². The molecule has 0 unspecified atom stereocenters. The lowest BCUT2D eigenvalue weighted by Crippen LogP contribution is -2.52. The molecule has 0 radical (unpaired) electrons. The molecule has 4 atom stereocenters. The Labute approximate surface area is 148 Å². The van der Waals surface area contributed by atoms with E-state index in [4.69, 9.17) is 4.74 Å². The van der Waals surface area contributed by atoms with Crippen LogP contribution in [-0.2, 0) is 9.53 Å². The Morgan fingerprint density at radius 2 is 1.76 bits per heavy atom. The summed E-state index contributed by atoms with van der Waals surface area (Å²) >= 11 is 0. The topological polar surface area (TPSA) is 41.6 Å². The van der Waals surface area contributed by atoms with Gasteiger partial charge in [-0.1, -0.05) is 60.7 Å². The van der Waals surface area contributed by atoms with Crippen LogP contribution in [0.2, 0.25) is 0 Å². The molecule has 0 aliphatic carbocycles. The van der Waals surface area contributed by atoms with Crippen LogP contribution >= 0.6 is 0 Å². The molecule has 130 valence electrons. The molecular formula is C21H24N2O2. The van der Waals surface area contributed by atoms with E-state index < -0.39 is 5.72 Å². The first-order valence-corrected chi connectivity index (χ1v) is 8.91. The molecule has 2 aliphatic heterocycles. The van der Waals surface area contributed by atoms with E-state index in [0.717, 1.165) is 5.56 Å². The van der Waals surface area contributed by atoms with Crippen molar-refractivity contribution in [2.75, 3.05) is 6.61 Å². The van der Waals surface area contributed by atoms with E-state index in [2.05, 4.69) is 36.5 Å². The Morgan fingerprint density at radius 3 is 2.44 bits per heavy atom. The first kappa shape index (κ1) is 16.3. The maximum atomic E-state index is 12.8. The number of hydrogen-bond acceptors (Lipinski definition) is 3. The molecule has 2 saturated heterocycles. The monoisotopic (exact) mass is 336 g/mol. The van der Waals surface area contributed by atoms with Crippen molar-refractivity contribution in [2.45, 2.75) is 44.1 Å². The summed E-state index contributed by atoms with van der Waals surface area (Å²) in [6.07, 6.45) is 0.469. The number of benzene rings is 2. The molecule has 0 bridgehead atoms. The normalized spacial score (nSPS) is 29.7. The van der Waals surface area contributed by atoms with Gasteiger partial charge in [-0.15, -0.1) is 0 Å². The molecule has 4 nitrogen and oxygen atoms in total. The van der Waals surface area contributed by atoms with Gasteiger partial charge in [-0.3, -0.25) is 4.79 Å². The second-order valence-electron chi connectivity index (χ2n) is 7.11. The number of hydrogen-bond donors (Lipinski definition) is 1. The van der Waals surface area contributed by atoms with Crippen LogP contribution in [-0.4, -0.2) is 29.2 Å². The fourth-order valence-corrected chi connectivity index (χ4v) is 4.13. The number of rotatable bonds is 4. The van der Waals surface area contributed by atoms with E-state index in [1.54, 1.807) is 0 Å². The van der Waals surface area contributed by atoms with Gasteiger partial charge in [0.05, 0.1) is 18.7 Å². The van der Waals surface area contributed by atoms with Gasteiger partial charge in [-0.05, 0) is 25.0 Å². The fourth-order valence-electron chi connectivity index (χ4n) is 4.13. The Kier molecular flexibility index (Phi) is 4.10. The minimum Gasteiger partial charge on any atom is -0.352 e. The molecule has 2 aliphatic rings. The van der Waals surface area contributed by atoms with Crippen molar-refractivity contribution in [3.63, 3.8) is 0 Å². The SMILES string of the molecule is C[C@H](N[C@@H]1CC(=O)N2[C@@H](c3ccccc3)CO[C@]12C)c1ccccc1. The van der Waals surface area contributed by atoms with Crippen molar-refractivity contribution < 1.29 is 9.53 Å². The van der Waals surface area contributed by atoms with Gasteiger partial charge >= 0.3 is 0 Å². The van der Waals surface area contributed by atoms with Crippen molar-refractivity contribution in [1.29, 1.82) is 0 Å². The van der Waals surface area contributed by atoms with Crippen molar-refractivity contribution >= 4 is 5.91 Å². The average Bonchev–Trinajstić information content (AvgIpc) is 3.11. The lowest BCUT2D eigenvalue weighted by molar-refractivity contribution is -0.137. The van der Waals surface area contributed by atoms with Crippen LogP contribution in [0.4, 0.5) is 0 Å². The smallest absolute Gasteiger partial charge is 0.227 e. The Morgan fingerprint density at radius 1 is 1.12 bits per heavy atom. The van der Waals surface area contributed by atoms with Gasteiger partial charge in [0.25, 0.3) is 0 Å². The quantitative estimate of drug-likeness (QED) is 0.930. The van der Waals surface area contributed by atoms with Crippen LogP contribution in [0.3, 0.4) is 0 Å². The second-order valence-corrected chi connectivity index (χ2v) is 7.11. The average molecular weight is 336 g/mol. The summed E-state index contributed by atoms with van der Waals surface area (Å²) in [6, 6.07) is 20.6. The summed E-state index contributed by atoms with van der Waals surface area (Å²) in [6.45, 7) is 4.72. The van der Waals surface area contributed by atoms with Crippen molar-refractivity contribution in [2.24, 2.45) is 0 Å². The Hall–Kier alpha value is -2.17. The number of fused-ring (bicyclic) bond motifs is 1. The molecule has 2 fully saturated rings. The number of carbonyl (C=O) groups excluding carboxylic acids is 1. The third-order valence-electron chi connectivity index (χ3n) is 5.55. The Balaban J connectivity index is 1.56. The molecule has 0 aromatic heterocycles. The van der Waals surface area contributed by atoms with Gasteiger partial charge in [0.1, 0.15) is 0 Å². The van der Waals surface area contributed by atoms with E-state index in [-0.39, 0.29) is 24.0 Å². The Bertz CT molecular complexity index is 749. The molecule has 1 N–H and O–H groups in total. The molecule has 25 heavy (non-hydrogen) atoms. The van der Waals surface area contributed by atoms with Gasteiger partial charge in [0.2, 0.25) is 5.91 Å². The third-order valence-corrected chi connectivity index (χ3v) is 5.55. The number of nitrogens with one attached hydrogen (secondary N) is 1. The highest BCUT2D eigenvalue weighted by atomic mass is 16.5. The molecular weight excluding hydrogens is 312 g/mol.